The zero-order chi connectivity index (χ0) is 13.3. The summed E-state index contributed by atoms with van der Waals surface area (Å²) in [5.41, 5.74) is 0. The third-order valence-corrected chi connectivity index (χ3v) is 4.65. The van der Waals surface area contributed by atoms with E-state index in [1.165, 1.54) is 15.7 Å². The Morgan fingerprint density at radius 1 is 1.67 bits per heavy atom. The van der Waals surface area contributed by atoms with Crippen LogP contribution in [-0.2, 0) is 0 Å². The summed E-state index contributed by atoms with van der Waals surface area (Å²) in [5.74, 6) is 0.345. The molecule has 0 aromatic carbocycles. The number of fused-ring (bicyclic) bond motifs is 1. The van der Waals surface area contributed by atoms with Crippen LogP contribution in [0.1, 0.15) is 13.8 Å². The average Bonchev–Trinajstić information content (AvgIpc) is 2.85. The Hall–Kier alpha value is -1.28. The molecule has 0 unspecified atom stereocenters. The maximum Gasteiger partial charge on any atom is 0.372 e. The van der Waals surface area contributed by atoms with Crippen LogP contribution < -0.4 is 5.32 Å². The van der Waals surface area contributed by atoms with E-state index in [0.29, 0.717) is 17.3 Å². The quantitative estimate of drug-likeness (QED) is 0.676. The summed E-state index contributed by atoms with van der Waals surface area (Å²) in [5, 5.41) is 15.9. The molecular formula is C10H14N4O2S2. The summed E-state index contributed by atoms with van der Waals surface area (Å²) in [6, 6.07) is 0. The zero-order valence-corrected chi connectivity index (χ0v) is 12.0. The number of thioether (sulfide) groups is 1. The Morgan fingerprint density at radius 3 is 3.00 bits per heavy atom. The number of nitrogens with zero attached hydrogens (tertiary/aromatic N) is 3. The van der Waals surface area contributed by atoms with Crippen molar-refractivity contribution in [2.45, 2.75) is 18.6 Å². The van der Waals surface area contributed by atoms with Crippen LogP contribution >= 0.6 is 23.1 Å². The molecular weight excluding hydrogens is 272 g/mol. The molecule has 0 aliphatic heterocycles. The molecule has 6 nitrogen and oxygen atoms in total. The van der Waals surface area contributed by atoms with Crippen LogP contribution in [0.15, 0.2) is 11.6 Å². The number of hydrogen-bond acceptors (Lipinski definition) is 6. The molecule has 0 atom stereocenters. The Labute approximate surface area is 113 Å². The van der Waals surface area contributed by atoms with Crippen LogP contribution in [0, 0.1) is 10.1 Å². The lowest BCUT2D eigenvalue weighted by Gasteiger charge is -2.21. The van der Waals surface area contributed by atoms with Gasteiger partial charge in [-0.05, 0) is 25.0 Å². The van der Waals surface area contributed by atoms with Gasteiger partial charge in [-0.3, -0.25) is 0 Å². The highest BCUT2D eigenvalue weighted by atomic mass is 32.2. The van der Waals surface area contributed by atoms with Gasteiger partial charge in [0.2, 0.25) is 5.82 Å². The minimum Gasteiger partial charge on any atom is -0.362 e. The molecule has 0 saturated heterocycles. The fourth-order valence-electron chi connectivity index (χ4n) is 1.44. The molecule has 0 saturated carbocycles. The second-order valence-corrected chi connectivity index (χ2v) is 6.80. The van der Waals surface area contributed by atoms with Crippen LogP contribution in [0.25, 0.3) is 4.96 Å². The molecule has 2 heterocycles. The molecule has 0 radical (unpaired) electrons. The van der Waals surface area contributed by atoms with Gasteiger partial charge in [0.25, 0.3) is 4.96 Å². The lowest BCUT2D eigenvalue weighted by Crippen LogP contribution is -2.26. The van der Waals surface area contributed by atoms with Crippen LogP contribution in [0.2, 0.25) is 0 Å². The maximum atomic E-state index is 11.1. The zero-order valence-electron chi connectivity index (χ0n) is 10.3. The molecule has 0 aliphatic rings. The minimum absolute atomic E-state index is 0.00292. The van der Waals surface area contributed by atoms with Crippen molar-refractivity contribution >= 4 is 39.7 Å². The lowest BCUT2D eigenvalue weighted by molar-refractivity contribution is -0.389. The second-order valence-electron chi connectivity index (χ2n) is 4.41. The summed E-state index contributed by atoms with van der Waals surface area (Å²) in [4.78, 5) is 15.6. The Morgan fingerprint density at radius 2 is 2.39 bits per heavy atom. The number of rotatable bonds is 5. The minimum atomic E-state index is -0.402. The predicted octanol–water partition coefficient (Wildman–Crippen LogP) is 2.86. The number of aromatic nitrogens is 2. The molecule has 0 bridgehead atoms. The van der Waals surface area contributed by atoms with E-state index in [2.05, 4.69) is 24.1 Å². The van der Waals surface area contributed by atoms with E-state index in [1.54, 1.807) is 23.3 Å². The first kappa shape index (κ1) is 13.2. The van der Waals surface area contributed by atoms with E-state index in [9.17, 15) is 10.1 Å². The van der Waals surface area contributed by atoms with E-state index in [4.69, 9.17) is 0 Å². The topological polar surface area (TPSA) is 72.5 Å². The number of anilines is 1. The maximum absolute atomic E-state index is 11.1. The van der Waals surface area contributed by atoms with Gasteiger partial charge in [0, 0.05) is 16.7 Å². The molecule has 1 N–H and O–H groups in total. The van der Waals surface area contributed by atoms with E-state index < -0.39 is 4.92 Å². The highest BCUT2D eigenvalue weighted by Crippen LogP contribution is 2.29. The highest BCUT2D eigenvalue weighted by molar-refractivity contribution is 7.99. The molecule has 0 spiro atoms. The number of imidazole rings is 1. The van der Waals surface area contributed by atoms with Crippen LogP contribution in [-0.4, -0.2) is 31.9 Å². The van der Waals surface area contributed by atoms with Crippen molar-refractivity contribution in [1.82, 2.24) is 9.38 Å². The van der Waals surface area contributed by atoms with Crippen molar-refractivity contribution in [3.8, 4) is 0 Å². The first-order chi connectivity index (χ1) is 8.44. The molecule has 18 heavy (non-hydrogen) atoms. The number of hydrogen-bond donors (Lipinski definition) is 1. The second kappa shape index (κ2) is 4.77. The van der Waals surface area contributed by atoms with E-state index >= 15 is 0 Å². The Kier molecular flexibility index (Phi) is 3.49. The third-order valence-electron chi connectivity index (χ3n) is 2.64. The van der Waals surface area contributed by atoms with Crippen LogP contribution in [0.4, 0.5) is 11.6 Å². The molecule has 0 aliphatic carbocycles. The standard InChI is InChI=1S/C10H14N4O2S2/c1-10(2,17-3)6-11-7-8(14(15)16)13-4-5-18-9(13)12-7/h4-5,11H,6H2,1-3H3. The summed E-state index contributed by atoms with van der Waals surface area (Å²) in [6.45, 7) is 4.78. The summed E-state index contributed by atoms with van der Waals surface area (Å²) in [7, 11) is 0. The van der Waals surface area contributed by atoms with Gasteiger partial charge < -0.3 is 15.4 Å². The van der Waals surface area contributed by atoms with Gasteiger partial charge in [-0.2, -0.15) is 21.1 Å². The van der Waals surface area contributed by atoms with E-state index in [-0.39, 0.29) is 10.6 Å². The van der Waals surface area contributed by atoms with Gasteiger partial charge in [0.05, 0.1) is 0 Å². The van der Waals surface area contributed by atoms with E-state index in [0.717, 1.165) is 0 Å². The van der Waals surface area contributed by atoms with Crippen molar-refractivity contribution in [3.63, 3.8) is 0 Å². The number of nitrogens with one attached hydrogen (secondary N) is 1. The molecule has 0 amide bonds. The van der Waals surface area contributed by atoms with Gasteiger partial charge in [0.1, 0.15) is 6.20 Å². The van der Waals surface area contributed by atoms with Crippen LogP contribution in [0.3, 0.4) is 0 Å². The van der Waals surface area contributed by atoms with Crippen molar-refractivity contribution < 1.29 is 4.92 Å². The van der Waals surface area contributed by atoms with Crippen molar-refractivity contribution in [2.24, 2.45) is 0 Å². The van der Waals surface area contributed by atoms with Gasteiger partial charge in [0.15, 0.2) is 0 Å². The Bertz CT molecular complexity index is 575. The summed E-state index contributed by atoms with van der Waals surface area (Å²) in [6.07, 6.45) is 3.68. The van der Waals surface area contributed by atoms with Gasteiger partial charge >= 0.3 is 5.82 Å². The van der Waals surface area contributed by atoms with Gasteiger partial charge in [-0.15, -0.1) is 0 Å². The van der Waals surface area contributed by atoms with Crippen LogP contribution in [0.5, 0.6) is 0 Å². The highest BCUT2D eigenvalue weighted by Gasteiger charge is 2.25. The normalized spacial score (nSPS) is 11.9. The lowest BCUT2D eigenvalue weighted by atomic mass is 10.2. The molecule has 2 rings (SSSR count). The van der Waals surface area contributed by atoms with Crippen molar-refractivity contribution in [1.29, 1.82) is 0 Å². The summed E-state index contributed by atoms with van der Waals surface area (Å²) >= 11 is 3.09. The predicted molar refractivity (Wildman–Crippen MR) is 75.8 cm³/mol. The van der Waals surface area contributed by atoms with Gasteiger partial charge in [-0.25, -0.2) is 0 Å². The number of nitro groups is 1. The van der Waals surface area contributed by atoms with E-state index in [1.807, 2.05) is 6.26 Å². The fourth-order valence-corrected chi connectivity index (χ4v) is 2.36. The third kappa shape index (κ3) is 2.44. The van der Waals surface area contributed by atoms with Crippen molar-refractivity contribution in [3.05, 3.63) is 21.7 Å². The SMILES string of the molecule is CSC(C)(C)CNc1nc2sccn2c1[N+](=O)[O-]. The molecule has 2 aromatic rings. The largest absolute Gasteiger partial charge is 0.372 e. The van der Waals surface area contributed by atoms with Crippen molar-refractivity contribution in [2.75, 3.05) is 18.1 Å². The molecule has 98 valence electrons. The smallest absolute Gasteiger partial charge is 0.362 e. The Balaban J connectivity index is 2.30. The molecule has 2 aromatic heterocycles. The summed E-state index contributed by atoms with van der Waals surface area (Å²) < 4.78 is 1.50. The first-order valence-corrected chi connectivity index (χ1v) is 7.44. The molecule has 8 heteroatoms. The molecule has 0 fully saturated rings. The fraction of sp³-hybridized carbons (Fsp3) is 0.500. The first-order valence-electron chi connectivity index (χ1n) is 5.33. The van der Waals surface area contributed by atoms with Gasteiger partial charge in [-0.1, -0.05) is 11.3 Å². The number of thiazole rings is 1. The monoisotopic (exact) mass is 286 g/mol. The average molecular weight is 286 g/mol.